The van der Waals surface area contributed by atoms with Crippen LogP contribution in [0.2, 0.25) is 0 Å². The van der Waals surface area contributed by atoms with Crippen LogP contribution in [0, 0.1) is 0 Å². The van der Waals surface area contributed by atoms with Crippen molar-refractivity contribution in [2.75, 3.05) is 17.7 Å². The third kappa shape index (κ3) is 7.40. The highest BCUT2D eigenvalue weighted by Crippen LogP contribution is 2.37. The van der Waals surface area contributed by atoms with E-state index in [-0.39, 0.29) is 24.7 Å². The molecule has 0 aliphatic carbocycles. The summed E-state index contributed by atoms with van der Waals surface area (Å²) in [4.78, 5) is 36.5. The van der Waals surface area contributed by atoms with Crippen molar-refractivity contribution in [1.82, 2.24) is 0 Å². The lowest BCUT2D eigenvalue weighted by atomic mass is 10.1. The van der Waals surface area contributed by atoms with Crippen molar-refractivity contribution >= 4 is 40.9 Å². The van der Waals surface area contributed by atoms with Crippen LogP contribution >= 0.6 is 11.8 Å². The van der Waals surface area contributed by atoms with Crippen molar-refractivity contribution in [3.63, 3.8) is 0 Å². The molecule has 2 amide bonds. The summed E-state index contributed by atoms with van der Waals surface area (Å²) in [6.07, 6.45) is -0.312. The van der Waals surface area contributed by atoms with Gasteiger partial charge < -0.3 is 20.5 Å². The minimum Gasteiger partial charge on any atom is -0.497 e. The number of amides is 2. The predicted octanol–water partition coefficient (Wildman–Crippen LogP) is 4.97. The third-order valence-electron chi connectivity index (χ3n) is 4.64. The number of hydrogen-bond donors (Lipinski definition) is 3. The molecule has 3 aromatic rings. The maximum atomic E-state index is 13.2. The lowest BCUT2D eigenvalue weighted by Crippen LogP contribution is -2.19. The van der Waals surface area contributed by atoms with Gasteiger partial charge in [-0.25, -0.2) is 0 Å². The molecule has 0 aromatic heterocycles. The zero-order valence-corrected chi connectivity index (χ0v) is 18.8. The highest BCUT2D eigenvalue weighted by atomic mass is 32.2. The highest BCUT2D eigenvalue weighted by Gasteiger charge is 2.22. The van der Waals surface area contributed by atoms with E-state index in [1.54, 1.807) is 37.4 Å². The van der Waals surface area contributed by atoms with Gasteiger partial charge in [-0.2, -0.15) is 0 Å². The summed E-state index contributed by atoms with van der Waals surface area (Å²) >= 11 is 1.39. The predicted molar refractivity (Wildman–Crippen MR) is 129 cm³/mol. The standard InChI is InChI=1S/C25H24N2O5S/c1-32-20-9-5-8-19(16-20)27-25(31)24(17-6-3-2-4-7-17)33-21-12-10-18(11-13-21)26-22(28)14-15-23(29)30/h2-13,16,24H,14-15H2,1H3,(H,26,28)(H,27,31)(H,29,30). The van der Waals surface area contributed by atoms with E-state index in [1.165, 1.54) is 11.8 Å². The van der Waals surface area contributed by atoms with Gasteiger partial charge in [-0.1, -0.05) is 36.4 Å². The van der Waals surface area contributed by atoms with E-state index in [0.717, 1.165) is 10.5 Å². The van der Waals surface area contributed by atoms with Gasteiger partial charge in [0.1, 0.15) is 11.0 Å². The maximum absolute atomic E-state index is 13.2. The lowest BCUT2D eigenvalue weighted by molar-refractivity contribution is -0.138. The Kier molecular flexibility index (Phi) is 8.49. The quantitative estimate of drug-likeness (QED) is 0.366. The number of carbonyl (C=O) groups excluding carboxylic acids is 2. The average Bonchev–Trinajstić information content (AvgIpc) is 2.83. The van der Waals surface area contributed by atoms with Crippen molar-refractivity contribution in [3.05, 3.63) is 84.4 Å². The molecule has 170 valence electrons. The molecule has 1 unspecified atom stereocenters. The minimum absolute atomic E-state index is 0.0909. The summed E-state index contributed by atoms with van der Waals surface area (Å²) in [5.41, 5.74) is 2.06. The summed E-state index contributed by atoms with van der Waals surface area (Å²) in [6, 6.07) is 23.7. The van der Waals surface area contributed by atoms with Crippen LogP contribution in [0.4, 0.5) is 11.4 Å². The van der Waals surface area contributed by atoms with Crippen LogP contribution in [-0.2, 0) is 14.4 Å². The number of benzene rings is 3. The topological polar surface area (TPSA) is 105 Å². The zero-order valence-electron chi connectivity index (χ0n) is 18.0. The van der Waals surface area contributed by atoms with Gasteiger partial charge in [0.05, 0.1) is 13.5 Å². The van der Waals surface area contributed by atoms with Gasteiger partial charge in [0, 0.05) is 28.8 Å². The van der Waals surface area contributed by atoms with E-state index in [4.69, 9.17) is 9.84 Å². The SMILES string of the molecule is COc1cccc(NC(=O)C(Sc2ccc(NC(=O)CCC(=O)O)cc2)c2ccccc2)c1. The van der Waals surface area contributed by atoms with Crippen molar-refractivity contribution in [2.24, 2.45) is 0 Å². The molecule has 8 heteroatoms. The van der Waals surface area contributed by atoms with Crippen molar-refractivity contribution in [1.29, 1.82) is 0 Å². The lowest BCUT2D eigenvalue weighted by Gasteiger charge is -2.18. The molecule has 0 spiro atoms. The molecule has 0 aliphatic rings. The number of thioether (sulfide) groups is 1. The molecule has 3 rings (SSSR count). The highest BCUT2D eigenvalue weighted by molar-refractivity contribution is 8.00. The Bertz CT molecular complexity index is 1100. The molecule has 0 radical (unpaired) electrons. The van der Waals surface area contributed by atoms with Gasteiger partial charge in [0.2, 0.25) is 11.8 Å². The van der Waals surface area contributed by atoms with Gasteiger partial charge in [-0.3, -0.25) is 14.4 Å². The Hall–Kier alpha value is -3.78. The molecule has 0 saturated carbocycles. The van der Waals surface area contributed by atoms with E-state index in [9.17, 15) is 14.4 Å². The van der Waals surface area contributed by atoms with Crippen molar-refractivity contribution in [3.8, 4) is 5.75 Å². The molecule has 0 bridgehead atoms. The van der Waals surface area contributed by atoms with Crippen LogP contribution in [0.15, 0.2) is 83.8 Å². The fourth-order valence-corrected chi connectivity index (χ4v) is 4.03. The minimum atomic E-state index is -1.02. The van der Waals surface area contributed by atoms with Crippen molar-refractivity contribution < 1.29 is 24.2 Å². The van der Waals surface area contributed by atoms with Crippen LogP contribution in [0.3, 0.4) is 0 Å². The molecule has 0 saturated heterocycles. The number of ether oxygens (including phenoxy) is 1. The summed E-state index contributed by atoms with van der Waals surface area (Å²) in [5, 5.41) is 13.8. The maximum Gasteiger partial charge on any atom is 0.303 e. The zero-order chi connectivity index (χ0) is 23.6. The number of carboxylic acids is 1. The molecule has 3 aromatic carbocycles. The number of rotatable bonds is 10. The van der Waals surface area contributed by atoms with Gasteiger partial charge in [0.25, 0.3) is 0 Å². The van der Waals surface area contributed by atoms with E-state index < -0.39 is 11.2 Å². The number of carboxylic acid groups (broad SMARTS) is 1. The fraction of sp³-hybridized carbons (Fsp3) is 0.160. The summed E-state index contributed by atoms with van der Waals surface area (Å²) in [5.74, 6) is -0.906. The smallest absolute Gasteiger partial charge is 0.303 e. The monoisotopic (exact) mass is 464 g/mol. The van der Waals surface area contributed by atoms with E-state index in [0.29, 0.717) is 17.1 Å². The molecular formula is C25H24N2O5S. The second-order valence-electron chi connectivity index (χ2n) is 7.10. The first-order valence-electron chi connectivity index (χ1n) is 10.2. The number of nitrogens with one attached hydrogen (secondary N) is 2. The normalized spacial score (nSPS) is 11.3. The fourth-order valence-electron chi connectivity index (χ4n) is 3.01. The Morgan fingerprint density at radius 1 is 0.879 bits per heavy atom. The third-order valence-corrected chi connectivity index (χ3v) is 5.90. The van der Waals surface area contributed by atoms with Crippen LogP contribution in [0.5, 0.6) is 5.75 Å². The van der Waals surface area contributed by atoms with Crippen LogP contribution in [-0.4, -0.2) is 30.0 Å². The number of anilines is 2. The Morgan fingerprint density at radius 3 is 2.27 bits per heavy atom. The molecule has 0 aliphatic heterocycles. The second kappa shape index (κ2) is 11.7. The van der Waals surface area contributed by atoms with E-state index in [1.807, 2.05) is 48.5 Å². The van der Waals surface area contributed by atoms with Gasteiger partial charge >= 0.3 is 5.97 Å². The van der Waals surface area contributed by atoms with Crippen LogP contribution in [0.1, 0.15) is 23.7 Å². The number of carbonyl (C=O) groups is 3. The molecule has 7 nitrogen and oxygen atoms in total. The first-order chi connectivity index (χ1) is 15.9. The van der Waals surface area contributed by atoms with Crippen LogP contribution in [0.25, 0.3) is 0 Å². The summed E-state index contributed by atoms with van der Waals surface area (Å²) in [6.45, 7) is 0. The Labute approximate surface area is 196 Å². The number of hydrogen-bond acceptors (Lipinski definition) is 5. The van der Waals surface area contributed by atoms with Gasteiger partial charge in [-0.15, -0.1) is 11.8 Å². The largest absolute Gasteiger partial charge is 0.497 e. The van der Waals surface area contributed by atoms with Crippen LogP contribution < -0.4 is 15.4 Å². The summed E-state index contributed by atoms with van der Waals surface area (Å²) in [7, 11) is 1.57. The van der Waals surface area contributed by atoms with Gasteiger partial charge in [-0.05, 0) is 42.0 Å². The molecule has 0 heterocycles. The number of methoxy groups -OCH3 is 1. The molecule has 1 atom stereocenters. The van der Waals surface area contributed by atoms with Gasteiger partial charge in [0.15, 0.2) is 0 Å². The average molecular weight is 465 g/mol. The second-order valence-corrected chi connectivity index (χ2v) is 8.27. The molecular weight excluding hydrogens is 440 g/mol. The molecule has 33 heavy (non-hydrogen) atoms. The van der Waals surface area contributed by atoms with E-state index >= 15 is 0 Å². The Morgan fingerprint density at radius 2 is 1.61 bits per heavy atom. The van der Waals surface area contributed by atoms with Crippen molar-refractivity contribution in [2.45, 2.75) is 23.0 Å². The Balaban J connectivity index is 1.72. The van der Waals surface area contributed by atoms with E-state index in [2.05, 4.69) is 10.6 Å². The first kappa shape index (κ1) is 23.9. The summed E-state index contributed by atoms with van der Waals surface area (Å²) < 4.78 is 5.23. The number of aliphatic carboxylic acids is 1. The molecule has 0 fully saturated rings. The molecule has 3 N–H and O–H groups in total. The first-order valence-corrected chi connectivity index (χ1v) is 11.1.